The zero-order valence-electron chi connectivity index (χ0n) is 13.8. The molecule has 1 aliphatic heterocycles. The molecule has 0 bridgehead atoms. The van der Waals surface area contributed by atoms with Crippen LogP contribution in [0.3, 0.4) is 0 Å². The molecule has 1 aliphatic rings. The Morgan fingerprint density at radius 3 is 1.84 bits per heavy atom. The van der Waals surface area contributed by atoms with Crippen LogP contribution in [-0.2, 0) is 8.85 Å². The maximum Gasteiger partial charge on any atom is 0.321 e. The van der Waals surface area contributed by atoms with Gasteiger partial charge in [0.1, 0.15) is 16.5 Å². The number of rotatable bonds is 8. The molecule has 19 heavy (non-hydrogen) atoms. The Labute approximate surface area is 123 Å². The highest BCUT2D eigenvalue weighted by molar-refractivity contribution is 6.95. The molecular weight excluding hydrogens is 286 g/mol. The fourth-order valence-corrected chi connectivity index (χ4v) is 19.2. The van der Waals surface area contributed by atoms with Crippen molar-refractivity contribution in [3.05, 3.63) is 0 Å². The molecule has 1 rings (SSSR count). The van der Waals surface area contributed by atoms with Gasteiger partial charge in [0.2, 0.25) is 0 Å². The second-order valence-electron chi connectivity index (χ2n) is 6.76. The molecule has 1 heterocycles. The van der Waals surface area contributed by atoms with Gasteiger partial charge in [0, 0.05) is 13.2 Å². The van der Waals surface area contributed by atoms with Gasteiger partial charge >= 0.3 is 9.28 Å². The summed E-state index contributed by atoms with van der Waals surface area (Å²) in [5, 5.41) is 0. The Morgan fingerprint density at radius 1 is 0.947 bits per heavy atom. The predicted molar refractivity (Wildman–Crippen MR) is 91.1 cm³/mol. The summed E-state index contributed by atoms with van der Waals surface area (Å²) in [7, 11) is -3.55. The van der Waals surface area contributed by atoms with Gasteiger partial charge < -0.3 is 13.1 Å². The van der Waals surface area contributed by atoms with Crippen molar-refractivity contribution >= 4 is 25.8 Å². The molecule has 1 saturated heterocycles. The Bertz CT molecular complexity index is 253. The van der Waals surface area contributed by atoms with Gasteiger partial charge in [0.05, 0.1) is 0 Å². The van der Waals surface area contributed by atoms with Crippen molar-refractivity contribution in [2.75, 3.05) is 19.8 Å². The lowest BCUT2D eigenvalue weighted by Gasteiger charge is -2.39. The van der Waals surface area contributed by atoms with E-state index < -0.39 is 25.8 Å². The van der Waals surface area contributed by atoms with Crippen molar-refractivity contribution in [2.45, 2.75) is 64.6 Å². The van der Waals surface area contributed by atoms with Gasteiger partial charge in [-0.15, -0.1) is 0 Å². The third-order valence-corrected chi connectivity index (χ3v) is 17.1. The van der Waals surface area contributed by atoms with E-state index in [0.717, 1.165) is 13.2 Å². The van der Waals surface area contributed by atoms with Gasteiger partial charge in [-0.2, -0.15) is 0 Å². The van der Waals surface area contributed by atoms with Crippen molar-refractivity contribution in [2.24, 2.45) is 0 Å². The topological polar surface area (TPSA) is 21.7 Å². The molecule has 0 radical (unpaired) electrons. The lowest BCUT2D eigenvalue weighted by molar-refractivity contribution is 0.212. The van der Waals surface area contributed by atoms with Crippen LogP contribution in [0.25, 0.3) is 0 Å². The van der Waals surface area contributed by atoms with Crippen LogP contribution in [0.1, 0.15) is 20.3 Å². The normalized spacial score (nSPS) is 22.3. The van der Waals surface area contributed by atoms with Gasteiger partial charge in [-0.3, -0.25) is 0 Å². The molecule has 0 atom stereocenters. The van der Waals surface area contributed by atoms with E-state index in [4.69, 9.17) is 8.85 Å². The lowest BCUT2D eigenvalue weighted by atomic mass is 10.5. The van der Waals surface area contributed by atoms with Crippen LogP contribution in [0.15, 0.2) is 0 Å². The second-order valence-corrected chi connectivity index (χ2v) is 18.6. The third-order valence-electron chi connectivity index (χ3n) is 4.34. The maximum absolute atomic E-state index is 5.77. The summed E-state index contributed by atoms with van der Waals surface area (Å²) in [6.07, 6.45) is 1.27. The largest absolute Gasteiger partial charge is 0.397 e. The average molecular weight is 320 g/mol. The summed E-state index contributed by atoms with van der Waals surface area (Å²) < 4.78 is 14.5. The summed E-state index contributed by atoms with van der Waals surface area (Å²) in [5.74, 6) is 0. The van der Waals surface area contributed by atoms with Crippen LogP contribution < -0.4 is 0 Å². The SMILES string of the molecule is CCO[SiH](CCCN1[Si](C)(C)CC[Si]1(C)C)OCC. The molecular formula is C13H33NO2Si3. The Morgan fingerprint density at radius 2 is 1.42 bits per heavy atom. The zero-order chi connectivity index (χ0) is 14.5. The molecule has 0 saturated carbocycles. The van der Waals surface area contributed by atoms with Crippen LogP contribution in [0.5, 0.6) is 0 Å². The van der Waals surface area contributed by atoms with E-state index in [-0.39, 0.29) is 0 Å². The lowest BCUT2D eigenvalue weighted by Crippen LogP contribution is -2.55. The van der Waals surface area contributed by atoms with Gasteiger partial charge in [-0.25, -0.2) is 0 Å². The Hall–Kier alpha value is 0.531. The van der Waals surface area contributed by atoms with E-state index in [2.05, 4.69) is 44.3 Å². The molecule has 0 aromatic rings. The van der Waals surface area contributed by atoms with Gasteiger partial charge in [-0.1, -0.05) is 26.2 Å². The van der Waals surface area contributed by atoms with Crippen molar-refractivity contribution in [3.8, 4) is 0 Å². The number of hydrogen-bond donors (Lipinski definition) is 0. The van der Waals surface area contributed by atoms with Crippen LogP contribution >= 0.6 is 0 Å². The molecule has 1 fully saturated rings. The minimum Gasteiger partial charge on any atom is -0.397 e. The van der Waals surface area contributed by atoms with Crippen LogP contribution in [0.4, 0.5) is 0 Å². The van der Waals surface area contributed by atoms with E-state index in [1.54, 1.807) is 0 Å². The third kappa shape index (κ3) is 5.09. The van der Waals surface area contributed by atoms with Crippen LogP contribution in [-0.4, -0.2) is 49.7 Å². The quantitative estimate of drug-likeness (QED) is 0.640. The van der Waals surface area contributed by atoms with Gasteiger partial charge in [0.25, 0.3) is 0 Å². The first-order chi connectivity index (χ1) is 8.83. The fourth-order valence-electron chi connectivity index (χ4n) is 3.31. The first-order valence-corrected chi connectivity index (χ1v) is 15.9. The standard InChI is InChI=1S/C13H33NO2Si3/c1-7-15-17(16-8-2)11-9-10-14-18(3,4)12-13-19(14,5)6/h17H,7-13H2,1-6H3. The van der Waals surface area contributed by atoms with Crippen molar-refractivity contribution in [3.63, 3.8) is 0 Å². The zero-order valence-corrected chi connectivity index (χ0v) is 16.9. The number of hydrogen-bond acceptors (Lipinski definition) is 3. The molecule has 0 unspecified atom stereocenters. The second kappa shape index (κ2) is 7.51. The van der Waals surface area contributed by atoms with E-state index in [1.807, 2.05) is 0 Å². The average Bonchev–Trinajstić information content (AvgIpc) is 2.52. The minimum absolute atomic E-state index is 0.807. The van der Waals surface area contributed by atoms with Crippen molar-refractivity contribution in [1.82, 2.24) is 4.23 Å². The van der Waals surface area contributed by atoms with E-state index >= 15 is 0 Å². The molecule has 0 aliphatic carbocycles. The van der Waals surface area contributed by atoms with Gasteiger partial charge in [0.15, 0.2) is 0 Å². The van der Waals surface area contributed by atoms with Crippen LogP contribution in [0.2, 0.25) is 44.3 Å². The summed E-state index contributed by atoms with van der Waals surface area (Å²) in [5.41, 5.74) is 0. The van der Waals surface area contributed by atoms with Crippen molar-refractivity contribution in [1.29, 1.82) is 0 Å². The monoisotopic (exact) mass is 319 g/mol. The smallest absolute Gasteiger partial charge is 0.321 e. The Kier molecular flexibility index (Phi) is 6.95. The highest BCUT2D eigenvalue weighted by Crippen LogP contribution is 2.36. The molecule has 3 nitrogen and oxygen atoms in total. The molecule has 0 N–H and O–H groups in total. The van der Waals surface area contributed by atoms with E-state index in [1.165, 1.54) is 31.1 Å². The first-order valence-electron chi connectivity index (χ1n) is 7.84. The first kappa shape index (κ1) is 17.6. The molecule has 114 valence electrons. The molecule has 0 spiro atoms. The van der Waals surface area contributed by atoms with Crippen LogP contribution in [0, 0.1) is 0 Å². The summed E-state index contributed by atoms with van der Waals surface area (Å²) in [6, 6.07) is 4.18. The minimum atomic E-state index is -1.38. The Balaban J connectivity index is 2.42. The van der Waals surface area contributed by atoms with E-state index in [9.17, 15) is 0 Å². The van der Waals surface area contributed by atoms with E-state index in [0.29, 0.717) is 0 Å². The predicted octanol–water partition coefficient (Wildman–Crippen LogP) is 3.40. The summed E-state index contributed by atoms with van der Waals surface area (Å²) in [4.78, 5) is 0. The molecule has 6 heteroatoms. The fraction of sp³-hybridized carbons (Fsp3) is 1.00. The van der Waals surface area contributed by atoms with Crippen molar-refractivity contribution < 1.29 is 8.85 Å². The number of nitrogens with zero attached hydrogens (tertiary/aromatic N) is 1. The molecule has 0 aromatic heterocycles. The summed E-state index contributed by atoms with van der Waals surface area (Å²) >= 11 is 0. The molecule has 0 aromatic carbocycles. The molecule has 0 amide bonds. The highest BCUT2D eigenvalue weighted by Gasteiger charge is 2.46. The maximum atomic E-state index is 5.77. The highest BCUT2D eigenvalue weighted by atomic mass is 28.4. The van der Waals surface area contributed by atoms with Gasteiger partial charge in [-0.05, 0) is 44.9 Å². The summed E-state index contributed by atoms with van der Waals surface area (Å²) in [6.45, 7) is 17.3.